The highest BCUT2D eigenvalue weighted by Gasteiger charge is 2.22. The van der Waals surface area contributed by atoms with E-state index >= 15 is 0 Å². The third-order valence-electron chi connectivity index (χ3n) is 6.19. The van der Waals surface area contributed by atoms with Crippen molar-refractivity contribution in [2.24, 2.45) is 5.73 Å². The molecule has 0 spiro atoms. The molecule has 32 heavy (non-hydrogen) atoms. The zero-order chi connectivity index (χ0) is 22.5. The van der Waals surface area contributed by atoms with E-state index in [1.165, 1.54) is 10.1 Å². The summed E-state index contributed by atoms with van der Waals surface area (Å²) in [5.41, 5.74) is 7.53. The highest BCUT2D eigenvalue weighted by Crippen LogP contribution is 2.18. The lowest BCUT2D eigenvalue weighted by Crippen LogP contribution is -2.48. The molecule has 9 heteroatoms. The lowest BCUT2D eigenvalue weighted by Gasteiger charge is -2.27. The normalized spacial score (nSPS) is 22.0. The molecule has 2 heterocycles. The predicted molar refractivity (Wildman–Crippen MR) is 125 cm³/mol. The Labute approximate surface area is 188 Å². The summed E-state index contributed by atoms with van der Waals surface area (Å²) in [6, 6.07) is 10.5. The third-order valence-corrected chi connectivity index (χ3v) is 6.19. The van der Waals surface area contributed by atoms with Gasteiger partial charge < -0.3 is 21.3 Å². The minimum Gasteiger partial charge on any atom is -0.328 e. The van der Waals surface area contributed by atoms with Gasteiger partial charge in [-0.2, -0.15) is 4.98 Å². The van der Waals surface area contributed by atoms with Crippen molar-refractivity contribution in [3.05, 3.63) is 52.6 Å². The largest absolute Gasteiger partial charge is 0.354 e. The molecule has 172 valence electrons. The minimum atomic E-state index is -0.427. The Morgan fingerprint density at radius 3 is 2.62 bits per heavy atom. The summed E-state index contributed by atoms with van der Waals surface area (Å²) in [6.45, 7) is 5.00. The fourth-order valence-electron chi connectivity index (χ4n) is 4.50. The van der Waals surface area contributed by atoms with Crippen molar-refractivity contribution >= 4 is 11.8 Å². The van der Waals surface area contributed by atoms with E-state index in [4.69, 9.17) is 5.73 Å². The quantitative estimate of drug-likeness (QED) is 0.535. The van der Waals surface area contributed by atoms with Crippen molar-refractivity contribution in [3.63, 3.8) is 0 Å². The maximum atomic E-state index is 12.5. The van der Waals surface area contributed by atoms with E-state index in [2.05, 4.69) is 27.9 Å². The molecule has 2 amide bonds. The first kappa shape index (κ1) is 22.4. The topological polar surface area (TPSA) is 117 Å². The fourth-order valence-corrected chi connectivity index (χ4v) is 4.50. The molecule has 0 bridgehead atoms. The van der Waals surface area contributed by atoms with Crippen molar-refractivity contribution in [1.29, 1.82) is 0 Å². The number of urea groups is 1. The third kappa shape index (κ3) is 5.73. The van der Waals surface area contributed by atoms with E-state index in [0.29, 0.717) is 31.2 Å². The summed E-state index contributed by atoms with van der Waals surface area (Å²) in [5.74, 6) is 0.262. The van der Waals surface area contributed by atoms with E-state index in [1.807, 2.05) is 24.3 Å². The maximum Gasteiger partial charge on any atom is 0.354 e. The SMILES string of the molecule is CC(Cc1ccc(-n2ccc(NC(=O)N3CCNCC3)nc2=O)cc1)NC1CCC(N)C1. The van der Waals surface area contributed by atoms with Crippen molar-refractivity contribution in [2.45, 2.75) is 50.7 Å². The van der Waals surface area contributed by atoms with Gasteiger partial charge in [0.05, 0.1) is 5.69 Å². The molecule has 1 aromatic heterocycles. The van der Waals surface area contributed by atoms with Crippen molar-refractivity contribution in [3.8, 4) is 5.69 Å². The molecule has 1 aromatic carbocycles. The molecule has 2 fully saturated rings. The number of hydrogen-bond acceptors (Lipinski definition) is 6. The molecule has 2 aromatic rings. The van der Waals surface area contributed by atoms with Crippen LogP contribution in [0.5, 0.6) is 0 Å². The Kier molecular flexibility index (Phi) is 7.19. The van der Waals surface area contributed by atoms with Gasteiger partial charge in [-0.15, -0.1) is 0 Å². The number of rotatable bonds is 6. The molecule has 0 radical (unpaired) electrons. The van der Waals surface area contributed by atoms with Crippen LogP contribution in [0.25, 0.3) is 5.69 Å². The van der Waals surface area contributed by atoms with Crippen LogP contribution in [0.15, 0.2) is 41.3 Å². The average Bonchev–Trinajstić information content (AvgIpc) is 3.19. The molecular formula is C23H33N7O2. The van der Waals surface area contributed by atoms with Gasteiger partial charge in [-0.25, -0.2) is 9.59 Å². The lowest BCUT2D eigenvalue weighted by atomic mass is 10.1. The number of amides is 2. The van der Waals surface area contributed by atoms with E-state index in [-0.39, 0.29) is 11.8 Å². The average molecular weight is 440 g/mol. The van der Waals surface area contributed by atoms with Crippen LogP contribution < -0.4 is 27.4 Å². The number of nitrogens with two attached hydrogens (primary N) is 1. The molecular weight excluding hydrogens is 406 g/mol. The van der Waals surface area contributed by atoms with Crippen LogP contribution in [0.4, 0.5) is 10.6 Å². The smallest absolute Gasteiger partial charge is 0.328 e. The second-order valence-electron chi connectivity index (χ2n) is 8.84. The van der Waals surface area contributed by atoms with E-state index < -0.39 is 5.69 Å². The first-order chi connectivity index (χ1) is 15.5. The molecule has 1 aliphatic heterocycles. The first-order valence-corrected chi connectivity index (χ1v) is 11.5. The molecule has 5 N–H and O–H groups in total. The second-order valence-corrected chi connectivity index (χ2v) is 8.84. The summed E-state index contributed by atoms with van der Waals surface area (Å²) >= 11 is 0. The second kappa shape index (κ2) is 10.2. The summed E-state index contributed by atoms with van der Waals surface area (Å²) in [5, 5.41) is 9.59. The first-order valence-electron chi connectivity index (χ1n) is 11.5. The number of carbonyl (C=O) groups excluding carboxylic acids is 1. The van der Waals surface area contributed by atoms with Crippen LogP contribution in [0.2, 0.25) is 0 Å². The monoisotopic (exact) mass is 439 g/mol. The van der Waals surface area contributed by atoms with Gasteiger partial charge in [0.2, 0.25) is 0 Å². The molecule has 3 atom stereocenters. The number of benzene rings is 1. The van der Waals surface area contributed by atoms with Gasteiger partial charge in [-0.3, -0.25) is 9.88 Å². The van der Waals surface area contributed by atoms with Crippen LogP contribution in [0.3, 0.4) is 0 Å². The number of anilines is 1. The van der Waals surface area contributed by atoms with Crippen LogP contribution in [0.1, 0.15) is 31.7 Å². The van der Waals surface area contributed by atoms with Gasteiger partial charge in [0.1, 0.15) is 5.82 Å². The summed E-state index contributed by atoms with van der Waals surface area (Å²) in [6.07, 6.45) is 5.85. The standard InChI is InChI=1S/C23H33N7O2/c1-16(26-19-5-4-18(24)15-19)14-17-2-6-20(7-3-17)30-11-8-21(28-23(30)32)27-22(31)29-12-9-25-10-13-29/h2-3,6-8,11,16,18-19,25-26H,4-5,9-10,12-15,24H2,1H3,(H,27,28,31,32). The lowest BCUT2D eigenvalue weighted by molar-refractivity contribution is 0.204. The predicted octanol–water partition coefficient (Wildman–Crippen LogP) is 1.07. The summed E-state index contributed by atoms with van der Waals surface area (Å²) < 4.78 is 1.48. The van der Waals surface area contributed by atoms with Crippen LogP contribution in [0, 0.1) is 0 Å². The van der Waals surface area contributed by atoms with Crippen LogP contribution >= 0.6 is 0 Å². The molecule has 1 saturated heterocycles. The van der Waals surface area contributed by atoms with E-state index in [0.717, 1.165) is 44.5 Å². The van der Waals surface area contributed by atoms with Gasteiger partial charge in [0, 0.05) is 50.5 Å². The Morgan fingerprint density at radius 1 is 1.22 bits per heavy atom. The Morgan fingerprint density at radius 2 is 1.97 bits per heavy atom. The number of hydrogen-bond donors (Lipinski definition) is 4. The van der Waals surface area contributed by atoms with Crippen molar-refractivity contribution < 1.29 is 4.79 Å². The summed E-state index contributed by atoms with van der Waals surface area (Å²) in [4.78, 5) is 30.6. The zero-order valence-electron chi connectivity index (χ0n) is 18.6. The van der Waals surface area contributed by atoms with Gasteiger partial charge in [-0.05, 0) is 56.4 Å². The number of carbonyl (C=O) groups is 1. The summed E-state index contributed by atoms with van der Waals surface area (Å²) in [7, 11) is 0. The van der Waals surface area contributed by atoms with E-state index in [9.17, 15) is 9.59 Å². The molecule has 9 nitrogen and oxygen atoms in total. The minimum absolute atomic E-state index is 0.234. The molecule has 1 saturated carbocycles. The highest BCUT2D eigenvalue weighted by atomic mass is 16.2. The number of nitrogens with zero attached hydrogens (tertiary/aromatic N) is 3. The number of piperazine rings is 1. The maximum absolute atomic E-state index is 12.5. The Balaban J connectivity index is 1.35. The number of aromatic nitrogens is 2. The van der Waals surface area contributed by atoms with Crippen molar-refractivity contribution in [2.75, 3.05) is 31.5 Å². The molecule has 1 aliphatic carbocycles. The molecule has 4 rings (SSSR count). The molecule has 3 unspecified atom stereocenters. The van der Waals surface area contributed by atoms with E-state index in [1.54, 1.807) is 17.2 Å². The number of nitrogens with one attached hydrogen (secondary N) is 3. The molecule has 2 aliphatic rings. The van der Waals surface area contributed by atoms with Crippen LogP contribution in [-0.4, -0.2) is 64.8 Å². The van der Waals surface area contributed by atoms with Crippen LogP contribution in [-0.2, 0) is 6.42 Å². The Bertz CT molecular complexity index is 969. The fraction of sp³-hybridized carbons (Fsp3) is 0.522. The Hall–Kier alpha value is -2.75. The zero-order valence-corrected chi connectivity index (χ0v) is 18.6. The van der Waals surface area contributed by atoms with Gasteiger partial charge in [0.15, 0.2) is 0 Å². The van der Waals surface area contributed by atoms with Gasteiger partial charge in [0.25, 0.3) is 0 Å². The highest BCUT2D eigenvalue weighted by molar-refractivity contribution is 5.88. The van der Waals surface area contributed by atoms with Gasteiger partial charge >= 0.3 is 11.7 Å². The van der Waals surface area contributed by atoms with Crippen molar-refractivity contribution in [1.82, 2.24) is 25.1 Å². The van der Waals surface area contributed by atoms with Gasteiger partial charge in [-0.1, -0.05) is 12.1 Å².